The first-order chi connectivity index (χ1) is 9.61. The van der Waals surface area contributed by atoms with E-state index in [9.17, 15) is 0 Å². The smallest absolute Gasteiger partial charge is 0.0615 e. The third kappa shape index (κ3) is 3.95. The number of halogens is 1. The molecule has 2 rings (SSSR count). The SMILES string of the molecule is COC[C@@H](C)N1CCN([C@H](C)c2cccc(Cl)c2)CC1. The van der Waals surface area contributed by atoms with Crippen LogP contribution >= 0.6 is 11.6 Å². The summed E-state index contributed by atoms with van der Waals surface area (Å²) in [7, 11) is 1.77. The van der Waals surface area contributed by atoms with Crippen LogP contribution in [-0.4, -0.2) is 55.7 Å². The Balaban J connectivity index is 1.90. The number of ether oxygens (including phenoxy) is 1. The average molecular weight is 297 g/mol. The van der Waals surface area contributed by atoms with Crippen molar-refractivity contribution in [3.8, 4) is 0 Å². The highest BCUT2D eigenvalue weighted by Gasteiger charge is 2.24. The largest absolute Gasteiger partial charge is 0.383 e. The first kappa shape index (κ1) is 15.8. The van der Waals surface area contributed by atoms with E-state index in [1.165, 1.54) is 5.56 Å². The Hall–Kier alpha value is -0.610. The minimum Gasteiger partial charge on any atom is -0.383 e. The Morgan fingerprint density at radius 1 is 1.15 bits per heavy atom. The van der Waals surface area contributed by atoms with Gasteiger partial charge in [0.1, 0.15) is 0 Å². The lowest BCUT2D eigenvalue weighted by Crippen LogP contribution is -2.51. The van der Waals surface area contributed by atoms with Crippen molar-refractivity contribution >= 4 is 11.6 Å². The minimum atomic E-state index is 0.425. The lowest BCUT2D eigenvalue weighted by molar-refractivity contribution is 0.0446. The van der Waals surface area contributed by atoms with E-state index >= 15 is 0 Å². The summed E-state index contributed by atoms with van der Waals surface area (Å²) in [5, 5.41) is 0.821. The standard InChI is InChI=1S/C16H25ClN2O/c1-13(12-20-3)18-7-9-19(10-8-18)14(2)15-5-4-6-16(17)11-15/h4-6,11,13-14H,7-10,12H2,1-3H3/t13-,14-/m1/s1. The van der Waals surface area contributed by atoms with Crippen LogP contribution in [0, 0.1) is 0 Å². The van der Waals surface area contributed by atoms with Crippen molar-refractivity contribution in [2.75, 3.05) is 39.9 Å². The fourth-order valence-corrected chi connectivity index (χ4v) is 3.09. The van der Waals surface area contributed by atoms with Gasteiger partial charge in [-0.1, -0.05) is 23.7 Å². The molecule has 0 amide bonds. The van der Waals surface area contributed by atoms with Crippen LogP contribution in [0.2, 0.25) is 5.02 Å². The summed E-state index contributed by atoms with van der Waals surface area (Å²) in [5.74, 6) is 0. The molecule has 20 heavy (non-hydrogen) atoms. The molecule has 0 spiro atoms. The van der Waals surface area contributed by atoms with Gasteiger partial charge in [0.15, 0.2) is 0 Å². The third-order valence-electron chi connectivity index (χ3n) is 4.26. The van der Waals surface area contributed by atoms with Gasteiger partial charge in [0, 0.05) is 50.4 Å². The molecule has 0 unspecified atom stereocenters. The van der Waals surface area contributed by atoms with Crippen LogP contribution in [0.15, 0.2) is 24.3 Å². The van der Waals surface area contributed by atoms with E-state index in [0.717, 1.165) is 37.8 Å². The minimum absolute atomic E-state index is 0.425. The van der Waals surface area contributed by atoms with E-state index in [1.54, 1.807) is 7.11 Å². The van der Waals surface area contributed by atoms with Gasteiger partial charge >= 0.3 is 0 Å². The second-order valence-electron chi connectivity index (χ2n) is 5.61. The van der Waals surface area contributed by atoms with Crippen molar-refractivity contribution in [2.45, 2.75) is 25.9 Å². The molecule has 0 N–H and O–H groups in total. The second kappa shape index (κ2) is 7.41. The maximum Gasteiger partial charge on any atom is 0.0615 e. The van der Waals surface area contributed by atoms with Gasteiger partial charge in [-0.15, -0.1) is 0 Å². The zero-order valence-electron chi connectivity index (χ0n) is 12.7. The summed E-state index contributed by atoms with van der Waals surface area (Å²) in [6.07, 6.45) is 0. The number of methoxy groups -OCH3 is 1. The third-order valence-corrected chi connectivity index (χ3v) is 4.49. The Bertz CT molecular complexity index is 419. The number of rotatable bonds is 5. The first-order valence-corrected chi connectivity index (χ1v) is 7.72. The topological polar surface area (TPSA) is 15.7 Å². The molecule has 0 aliphatic carbocycles. The van der Waals surface area contributed by atoms with Crippen molar-refractivity contribution in [3.63, 3.8) is 0 Å². The maximum absolute atomic E-state index is 6.09. The van der Waals surface area contributed by atoms with Gasteiger partial charge in [-0.2, -0.15) is 0 Å². The lowest BCUT2D eigenvalue weighted by atomic mass is 10.1. The Morgan fingerprint density at radius 2 is 1.80 bits per heavy atom. The number of hydrogen-bond donors (Lipinski definition) is 0. The second-order valence-corrected chi connectivity index (χ2v) is 6.04. The number of hydrogen-bond acceptors (Lipinski definition) is 3. The van der Waals surface area contributed by atoms with Crippen molar-refractivity contribution in [1.82, 2.24) is 9.80 Å². The van der Waals surface area contributed by atoms with E-state index in [4.69, 9.17) is 16.3 Å². The molecule has 1 aliphatic rings. The molecule has 1 aromatic rings. The summed E-state index contributed by atoms with van der Waals surface area (Å²) in [4.78, 5) is 5.03. The molecular weight excluding hydrogens is 272 g/mol. The molecule has 1 heterocycles. The van der Waals surface area contributed by atoms with Gasteiger partial charge in [0.2, 0.25) is 0 Å². The summed E-state index contributed by atoms with van der Waals surface area (Å²) in [5.41, 5.74) is 1.30. The molecule has 0 radical (unpaired) electrons. The van der Waals surface area contributed by atoms with E-state index in [0.29, 0.717) is 12.1 Å². The molecule has 1 saturated heterocycles. The predicted molar refractivity (Wildman–Crippen MR) is 84.4 cm³/mol. The molecule has 2 atom stereocenters. The zero-order valence-corrected chi connectivity index (χ0v) is 13.4. The number of benzene rings is 1. The van der Waals surface area contributed by atoms with E-state index < -0.39 is 0 Å². The fourth-order valence-electron chi connectivity index (χ4n) is 2.89. The quantitative estimate of drug-likeness (QED) is 0.830. The fraction of sp³-hybridized carbons (Fsp3) is 0.625. The summed E-state index contributed by atoms with van der Waals surface area (Å²) in [6.45, 7) is 9.72. The molecule has 1 aromatic carbocycles. The highest BCUT2D eigenvalue weighted by atomic mass is 35.5. The van der Waals surface area contributed by atoms with E-state index in [2.05, 4.69) is 35.8 Å². The van der Waals surface area contributed by atoms with Gasteiger partial charge in [0.25, 0.3) is 0 Å². The van der Waals surface area contributed by atoms with Gasteiger partial charge < -0.3 is 4.74 Å². The van der Waals surface area contributed by atoms with Crippen LogP contribution in [0.3, 0.4) is 0 Å². The molecule has 0 bridgehead atoms. The van der Waals surface area contributed by atoms with Crippen LogP contribution < -0.4 is 0 Å². The number of nitrogens with zero attached hydrogens (tertiary/aromatic N) is 2. The summed E-state index contributed by atoms with van der Waals surface area (Å²) >= 11 is 6.09. The molecule has 0 aromatic heterocycles. The Labute approximate surface area is 127 Å². The van der Waals surface area contributed by atoms with Gasteiger partial charge in [-0.25, -0.2) is 0 Å². The van der Waals surface area contributed by atoms with Gasteiger partial charge in [0.05, 0.1) is 6.61 Å². The van der Waals surface area contributed by atoms with Gasteiger partial charge in [-0.3, -0.25) is 9.80 Å². The molecule has 1 fully saturated rings. The number of piperazine rings is 1. The first-order valence-electron chi connectivity index (χ1n) is 7.34. The Morgan fingerprint density at radius 3 is 2.40 bits per heavy atom. The molecule has 1 aliphatic heterocycles. The highest BCUT2D eigenvalue weighted by Crippen LogP contribution is 2.24. The highest BCUT2D eigenvalue weighted by molar-refractivity contribution is 6.30. The maximum atomic E-state index is 6.09. The van der Waals surface area contributed by atoms with Crippen LogP contribution in [0.5, 0.6) is 0 Å². The normalized spacial score (nSPS) is 20.8. The van der Waals surface area contributed by atoms with Crippen LogP contribution in [-0.2, 0) is 4.74 Å². The summed E-state index contributed by atoms with van der Waals surface area (Å²) in [6, 6.07) is 9.13. The monoisotopic (exact) mass is 296 g/mol. The molecule has 0 saturated carbocycles. The van der Waals surface area contributed by atoms with Crippen LogP contribution in [0.1, 0.15) is 25.5 Å². The predicted octanol–water partition coefficient (Wildman–Crippen LogP) is 3.05. The van der Waals surface area contributed by atoms with Crippen molar-refractivity contribution < 1.29 is 4.74 Å². The molecule has 3 nitrogen and oxygen atoms in total. The Kier molecular flexibility index (Phi) is 5.85. The average Bonchev–Trinajstić information content (AvgIpc) is 2.47. The van der Waals surface area contributed by atoms with Gasteiger partial charge in [-0.05, 0) is 31.5 Å². The van der Waals surface area contributed by atoms with Crippen molar-refractivity contribution in [2.24, 2.45) is 0 Å². The molecule has 112 valence electrons. The van der Waals surface area contributed by atoms with E-state index in [1.807, 2.05) is 12.1 Å². The molecular formula is C16H25ClN2O. The lowest BCUT2D eigenvalue weighted by Gasteiger charge is -2.40. The molecule has 4 heteroatoms. The van der Waals surface area contributed by atoms with Crippen LogP contribution in [0.4, 0.5) is 0 Å². The van der Waals surface area contributed by atoms with E-state index in [-0.39, 0.29) is 0 Å². The summed E-state index contributed by atoms with van der Waals surface area (Å²) < 4.78 is 5.24. The zero-order chi connectivity index (χ0) is 14.5. The van der Waals surface area contributed by atoms with Crippen LogP contribution in [0.25, 0.3) is 0 Å². The van der Waals surface area contributed by atoms with Crippen molar-refractivity contribution in [3.05, 3.63) is 34.9 Å². The van der Waals surface area contributed by atoms with Crippen molar-refractivity contribution in [1.29, 1.82) is 0 Å².